The van der Waals surface area contributed by atoms with Crippen LogP contribution in [0.5, 0.6) is 0 Å². The highest BCUT2D eigenvalue weighted by atomic mass is 79.9. The predicted molar refractivity (Wildman–Crippen MR) is 58.3 cm³/mol. The first-order valence-electron chi connectivity index (χ1n) is 4.08. The molecular weight excluding hydrogens is 268 g/mol. The number of sulfone groups is 1. The second-order valence-corrected chi connectivity index (χ2v) is 5.58. The van der Waals surface area contributed by atoms with Crippen molar-refractivity contribution in [3.8, 4) is 0 Å². The van der Waals surface area contributed by atoms with Gasteiger partial charge < -0.3 is 5.11 Å². The van der Waals surface area contributed by atoms with Crippen molar-refractivity contribution in [1.82, 2.24) is 0 Å². The molecule has 0 aliphatic rings. The number of halogens is 1. The molecule has 3 nitrogen and oxygen atoms in total. The lowest BCUT2D eigenvalue weighted by atomic mass is 10.4. The van der Waals surface area contributed by atoms with Crippen molar-refractivity contribution in [2.24, 2.45) is 0 Å². The van der Waals surface area contributed by atoms with Gasteiger partial charge in [0.25, 0.3) is 0 Å². The summed E-state index contributed by atoms with van der Waals surface area (Å²) in [6, 6.07) is 8.12. The van der Waals surface area contributed by atoms with Crippen molar-refractivity contribution in [1.29, 1.82) is 0 Å². The van der Waals surface area contributed by atoms with Gasteiger partial charge in [-0.3, -0.25) is 0 Å². The molecule has 5 heteroatoms. The van der Waals surface area contributed by atoms with Gasteiger partial charge in [0.05, 0.1) is 16.8 Å². The van der Waals surface area contributed by atoms with E-state index in [4.69, 9.17) is 0 Å². The second-order valence-electron chi connectivity index (χ2n) is 2.90. The van der Waals surface area contributed by atoms with Gasteiger partial charge in [-0.25, -0.2) is 8.42 Å². The Labute approximate surface area is 91.8 Å². The maximum absolute atomic E-state index is 11.6. The average Bonchev–Trinajstić information content (AvgIpc) is 2.18. The number of aliphatic hydroxyl groups excluding tert-OH is 1. The fourth-order valence-corrected chi connectivity index (χ4v) is 2.94. The Balaban J connectivity index is 2.87. The molecule has 0 spiro atoms. The summed E-state index contributed by atoms with van der Waals surface area (Å²) in [6.07, 6.45) is -0.861. The summed E-state index contributed by atoms with van der Waals surface area (Å²) in [6.45, 7) is 0. The molecule has 1 rings (SSSR count). The zero-order chi connectivity index (χ0) is 10.6. The van der Waals surface area contributed by atoms with Crippen LogP contribution in [0.25, 0.3) is 0 Å². The van der Waals surface area contributed by atoms with Gasteiger partial charge in [0.15, 0.2) is 9.84 Å². The van der Waals surface area contributed by atoms with Crippen LogP contribution in [0.3, 0.4) is 0 Å². The molecule has 1 atom stereocenters. The Morgan fingerprint density at radius 2 is 1.86 bits per heavy atom. The fraction of sp³-hybridized carbons (Fsp3) is 0.333. The summed E-state index contributed by atoms with van der Waals surface area (Å²) in [5, 5.41) is 9.49. The largest absolute Gasteiger partial charge is 0.391 e. The molecule has 0 aromatic heterocycles. The first kappa shape index (κ1) is 11.7. The zero-order valence-corrected chi connectivity index (χ0v) is 9.83. The molecule has 78 valence electrons. The highest BCUT2D eigenvalue weighted by Gasteiger charge is 2.18. The molecular formula is C9H11BrO3S. The first-order chi connectivity index (χ1) is 6.56. The van der Waals surface area contributed by atoms with E-state index in [0.29, 0.717) is 0 Å². The lowest BCUT2D eigenvalue weighted by Gasteiger charge is -2.07. The topological polar surface area (TPSA) is 54.4 Å². The summed E-state index contributed by atoms with van der Waals surface area (Å²) in [4.78, 5) is 0.250. The van der Waals surface area contributed by atoms with Crippen LogP contribution in [0.4, 0.5) is 0 Å². The maximum atomic E-state index is 11.6. The Hall–Kier alpha value is -0.390. The van der Waals surface area contributed by atoms with Crippen molar-refractivity contribution in [3.63, 3.8) is 0 Å². The monoisotopic (exact) mass is 278 g/mol. The molecule has 0 fully saturated rings. The molecule has 0 bridgehead atoms. The van der Waals surface area contributed by atoms with Gasteiger partial charge >= 0.3 is 0 Å². The highest BCUT2D eigenvalue weighted by molar-refractivity contribution is 9.09. The van der Waals surface area contributed by atoms with Crippen LogP contribution in [-0.2, 0) is 9.84 Å². The zero-order valence-electron chi connectivity index (χ0n) is 7.43. The molecule has 0 saturated carbocycles. The van der Waals surface area contributed by atoms with Crippen molar-refractivity contribution in [3.05, 3.63) is 30.3 Å². The number of alkyl halides is 1. The van der Waals surface area contributed by atoms with Gasteiger partial charge in [0.1, 0.15) is 0 Å². The van der Waals surface area contributed by atoms with Crippen molar-refractivity contribution >= 4 is 25.8 Å². The van der Waals surface area contributed by atoms with Crippen LogP contribution in [-0.4, -0.2) is 30.7 Å². The lowest BCUT2D eigenvalue weighted by Crippen LogP contribution is -2.22. The number of aliphatic hydroxyl groups is 1. The predicted octanol–water partition coefficient (Wildman–Crippen LogP) is 1.22. The summed E-state index contributed by atoms with van der Waals surface area (Å²) >= 11 is 3.03. The van der Waals surface area contributed by atoms with Gasteiger partial charge in [0, 0.05) is 5.33 Å². The molecule has 1 N–H and O–H groups in total. The standard InChI is InChI=1S/C9H11BrO3S/c10-6-8(11)7-14(12,13)9-4-2-1-3-5-9/h1-5,8,11H,6-7H2. The van der Waals surface area contributed by atoms with E-state index in [1.54, 1.807) is 18.2 Å². The summed E-state index contributed by atoms with van der Waals surface area (Å²) in [7, 11) is -3.35. The molecule has 14 heavy (non-hydrogen) atoms. The van der Waals surface area contributed by atoms with Crippen molar-refractivity contribution in [2.75, 3.05) is 11.1 Å². The minimum atomic E-state index is -3.35. The fourth-order valence-electron chi connectivity index (χ4n) is 1.02. The van der Waals surface area contributed by atoms with Gasteiger partial charge in [-0.1, -0.05) is 34.1 Å². The summed E-state index contributed by atoms with van der Waals surface area (Å²) in [5.41, 5.74) is 0. The SMILES string of the molecule is O=S(=O)(CC(O)CBr)c1ccccc1. The Kier molecular flexibility index (Phi) is 4.10. The lowest BCUT2D eigenvalue weighted by molar-refractivity contribution is 0.224. The van der Waals surface area contributed by atoms with Crippen LogP contribution >= 0.6 is 15.9 Å². The van der Waals surface area contributed by atoms with E-state index < -0.39 is 15.9 Å². The molecule has 0 amide bonds. The number of hydrogen-bond donors (Lipinski definition) is 1. The third-order valence-electron chi connectivity index (χ3n) is 1.69. The van der Waals surface area contributed by atoms with Crippen molar-refractivity contribution in [2.45, 2.75) is 11.0 Å². The first-order valence-corrected chi connectivity index (χ1v) is 6.85. The molecule has 0 aliphatic heterocycles. The van der Waals surface area contributed by atoms with Crippen LogP contribution in [0.1, 0.15) is 0 Å². The normalized spacial score (nSPS) is 13.9. The number of benzene rings is 1. The maximum Gasteiger partial charge on any atom is 0.180 e. The van der Waals surface area contributed by atoms with E-state index in [1.807, 2.05) is 0 Å². The van der Waals surface area contributed by atoms with E-state index in [1.165, 1.54) is 12.1 Å². The summed E-state index contributed by atoms with van der Waals surface area (Å²) in [5.74, 6) is -0.248. The van der Waals surface area contributed by atoms with Gasteiger partial charge in [-0.15, -0.1) is 0 Å². The minimum absolute atomic E-state index is 0.248. The van der Waals surface area contributed by atoms with E-state index in [0.717, 1.165) is 0 Å². The Morgan fingerprint density at radius 1 is 1.29 bits per heavy atom. The van der Waals surface area contributed by atoms with E-state index in [9.17, 15) is 13.5 Å². The minimum Gasteiger partial charge on any atom is -0.391 e. The van der Waals surface area contributed by atoms with Crippen LogP contribution < -0.4 is 0 Å². The van der Waals surface area contributed by atoms with E-state index >= 15 is 0 Å². The molecule has 1 unspecified atom stereocenters. The number of rotatable bonds is 4. The van der Waals surface area contributed by atoms with Gasteiger partial charge in [-0.2, -0.15) is 0 Å². The third-order valence-corrected chi connectivity index (χ3v) is 4.25. The molecule has 0 saturated heterocycles. The van der Waals surface area contributed by atoms with Gasteiger partial charge in [0.2, 0.25) is 0 Å². The molecule has 1 aromatic carbocycles. The Bertz CT molecular complexity index is 374. The third kappa shape index (κ3) is 3.08. The van der Waals surface area contributed by atoms with E-state index in [-0.39, 0.29) is 16.0 Å². The van der Waals surface area contributed by atoms with Crippen molar-refractivity contribution < 1.29 is 13.5 Å². The second kappa shape index (κ2) is 4.91. The molecule has 0 radical (unpaired) electrons. The quantitative estimate of drug-likeness (QED) is 0.843. The number of hydrogen-bond acceptors (Lipinski definition) is 3. The van der Waals surface area contributed by atoms with E-state index in [2.05, 4.69) is 15.9 Å². The molecule has 0 heterocycles. The van der Waals surface area contributed by atoms with Crippen LogP contribution in [0.15, 0.2) is 35.2 Å². The molecule has 1 aromatic rings. The van der Waals surface area contributed by atoms with Crippen LogP contribution in [0, 0.1) is 0 Å². The average molecular weight is 279 g/mol. The molecule has 0 aliphatic carbocycles. The Morgan fingerprint density at radius 3 is 2.36 bits per heavy atom. The summed E-state index contributed by atoms with van der Waals surface area (Å²) < 4.78 is 23.2. The highest BCUT2D eigenvalue weighted by Crippen LogP contribution is 2.11. The van der Waals surface area contributed by atoms with Gasteiger partial charge in [-0.05, 0) is 12.1 Å². The van der Waals surface area contributed by atoms with Crippen LogP contribution in [0.2, 0.25) is 0 Å². The smallest absolute Gasteiger partial charge is 0.180 e.